The first-order chi connectivity index (χ1) is 6.25. The highest BCUT2D eigenvalue weighted by Gasteiger charge is 2.28. The van der Waals surface area contributed by atoms with Gasteiger partial charge in [0.25, 0.3) is 0 Å². The highest BCUT2D eigenvalue weighted by molar-refractivity contribution is 5.71. The van der Waals surface area contributed by atoms with E-state index in [9.17, 15) is 4.79 Å². The van der Waals surface area contributed by atoms with Crippen molar-refractivity contribution in [3.8, 4) is 0 Å². The Morgan fingerprint density at radius 3 is 3.08 bits per heavy atom. The molecule has 1 aliphatic carbocycles. The molecule has 1 aromatic rings. The Kier molecular flexibility index (Phi) is 1.88. The maximum Gasteiger partial charge on any atom is 0.323 e. The molecule has 0 spiro atoms. The zero-order valence-corrected chi connectivity index (χ0v) is 6.86. The van der Waals surface area contributed by atoms with E-state index < -0.39 is 5.97 Å². The van der Waals surface area contributed by atoms with Gasteiger partial charge >= 0.3 is 12.0 Å². The van der Waals surface area contributed by atoms with Crippen LogP contribution in [0.1, 0.15) is 24.6 Å². The van der Waals surface area contributed by atoms with Gasteiger partial charge in [0.2, 0.25) is 0 Å². The van der Waals surface area contributed by atoms with Gasteiger partial charge < -0.3 is 14.9 Å². The first-order valence-electron chi connectivity index (χ1n) is 4.05. The summed E-state index contributed by atoms with van der Waals surface area (Å²) in [6.07, 6.45) is 2.19. The number of carboxylic acid groups (broad SMARTS) is 1. The summed E-state index contributed by atoms with van der Waals surface area (Å²) < 4.78 is 4.78. The van der Waals surface area contributed by atoms with Gasteiger partial charge in [0.1, 0.15) is 6.54 Å². The number of anilines is 1. The SMILES string of the molecule is O=C(O)CNc1nc(C2CC2)no1. The molecule has 1 aromatic heterocycles. The number of carbonyl (C=O) groups is 1. The first kappa shape index (κ1) is 8.03. The van der Waals surface area contributed by atoms with Crippen LogP contribution < -0.4 is 5.32 Å². The van der Waals surface area contributed by atoms with E-state index in [4.69, 9.17) is 9.63 Å². The third kappa shape index (κ3) is 1.95. The Morgan fingerprint density at radius 1 is 1.69 bits per heavy atom. The number of nitrogens with zero attached hydrogens (tertiary/aromatic N) is 2. The van der Waals surface area contributed by atoms with Crippen LogP contribution in [0.5, 0.6) is 0 Å². The molecule has 0 aliphatic heterocycles. The van der Waals surface area contributed by atoms with Crippen LogP contribution in [0.25, 0.3) is 0 Å². The molecule has 2 rings (SSSR count). The summed E-state index contributed by atoms with van der Waals surface area (Å²) in [5.41, 5.74) is 0. The van der Waals surface area contributed by atoms with Crippen molar-refractivity contribution in [2.75, 3.05) is 11.9 Å². The van der Waals surface area contributed by atoms with Gasteiger partial charge in [-0.3, -0.25) is 4.79 Å². The zero-order chi connectivity index (χ0) is 9.26. The maximum atomic E-state index is 10.2. The Balaban J connectivity index is 1.92. The molecule has 1 aliphatic rings. The van der Waals surface area contributed by atoms with Crippen LogP contribution in [0.4, 0.5) is 6.01 Å². The van der Waals surface area contributed by atoms with Crippen molar-refractivity contribution in [3.05, 3.63) is 5.82 Å². The van der Waals surface area contributed by atoms with Gasteiger partial charge in [-0.2, -0.15) is 4.98 Å². The molecule has 6 nitrogen and oxygen atoms in total. The summed E-state index contributed by atoms with van der Waals surface area (Å²) in [5, 5.41) is 14.6. The average molecular weight is 183 g/mol. The van der Waals surface area contributed by atoms with E-state index in [0.717, 1.165) is 12.8 Å². The molecule has 1 fully saturated rings. The number of nitrogens with one attached hydrogen (secondary N) is 1. The summed E-state index contributed by atoms with van der Waals surface area (Å²) in [5.74, 6) is 0.142. The van der Waals surface area contributed by atoms with Gasteiger partial charge in [0.05, 0.1) is 0 Å². The lowest BCUT2D eigenvalue weighted by Crippen LogP contribution is -2.12. The molecule has 0 radical (unpaired) electrons. The maximum absolute atomic E-state index is 10.2. The molecular formula is C7H9N3O3. The molecule has 13 heavy (non-hydrogen) atoms. The summed E-state index contributed by atoms with van der Waals surface area (Å²) in [7, 11) is 0. The molecule has 1 heterocycles. The summed E-state index contributed by atoms with van der Waals surface area (Å²) in [6.45, 7) is -0.202. The van der Waals surface area contributed by atoms with Crippen LogP contribution in [0.3, 0.4) is 0 Å². The topological polar surface area (TPSA) is 88.2 Å². The largest absolute Gasteiger partial charge is 0.480 e. The summed E-state index contributed by atoms with van der Waals surface area (Å²) in [4.78, 5) is 14.2. The Morgan fingerprint density at radius 2 is 2.46 bits per heavy atom. The standard InChI is InChI=1S/C7H9N3O3/c11-5(12)3-8-7-9-6(10-13-7)4-1-2-4/h4H,1-3H2,(H,11,12)(H,8,9,10). The molecule has 1 saturated carbocycles. The molecule has 0 unspecified atom stereocenters. The van der Waals surface area contributed by atoms with Gasteiger partial charge in [-0.15, -0.1) is 0 Å². The van der Waals surface area contributed by atoms with Gasteiger partial charge in [0, 0.05) is 5.92 Å². The molecule has 0 amide bonds. The van der Waals surface area contributed by atoms with Crippen LogP contribution in [0, 0.1) is 0 Å². The van der Waals surface area contributed by atoms with Crippen LogP contribution >= 0.6 is 0 Å². The number of carboxylic acids is 1. The summed E-state index contributed by atoms with van der Waals surface area (Å²) in [6, 6.07) is 0.185. The first-order valence-corrected chi connectivity index (χ1v) is 4.05. The number of hydrogen-bond donors (Lipinski definition) is 2. The lowest BCUT2D eigenvalue weighted by Gasteiger charge is -1.92. The second-order valence-corrected chi connectivity index (χ2v) is 2.98. The van der Waals surface area contributed by atoms with Crippen molar-refractivity contribution in [1.29, 1.82) is 0 Å². The average Bonchev–Trinajstić information content (AvgIpc) is 2.83. The van der Waals surface area contributed by atoms with E-state index in [2.05, 4.69) is 15.5 Å². The molecule has 0 atom stereocenters. The van der Waals surface area contributed by atoms with Crippen molar-refractivity contribution >= 4 is 12.0 Å². The fourth-order valence-corrected chi connectivity index (χ4v) is 0.965. The second kappa shape index (κ2) is 3.04. The lowest BCUT2D eigenvalue weighted by molar-refractivity contribution is -0.134. The van der Waals surface area contributed by atoms with E-state index in [-0.39, 0.29) is 12.6 Å². The molecule has 2 N–H and O–H groups in total. The van der Waals surface area contributed by atoms with E-state index in [0.29, 0.717) is 11.7 Å². The fraction of sp³-hybridized carbons (Fsp3) is 0.571. The van der Waals surface area contributed by atoms with Crippen LogP contribution in [-0.4, -0.2) is 27.8 Å². The van der Waals surface area contributed by atoms with Crippen molar-refractivity contribution in [3.63, 3.8) is 0 Å². The highest BCUT2D eigenvalue weighted by Crippen LogP contribution is 2.38. The van der Waals surface area contributed by atoms with Gasteiger partial charge in [-0.05, 0) is 12.8 Å². The third-order valence-electron chi connectivity index (χ3n) is 1.78. The molecule has 70 valence electrons. The van der Waals surface area contributed by atoms with Crippen LogP contribution in [0.2, 0.25) is 0 Å². The minimum Gasteiger partial charge on any atom is -0.480 e. The number of aliphatic carboxylic acids is 1. The zero-order valence-electron chi connectivity index (χ0n) is 6.86. The normalized spacial score (nSPS) is 15.7. The van der Waals surface area contributed by atoms with Crippen LogP contribution in [-0.2, 0) is 4.79 Å². The Bertz CT molecular complexity index is 319. The number of rotatable bonds is 4. The fourth-order valence-electron chi connectivity index (χ4n) is 0.965. The molecule has 0 bridgehead atoms. The smallest absolute Gasteiger partial charge is 0.323 e. The van der Waals surface area contributed by atoms with Crippen molar-refractivity contribution in [2.24, 2.45) is 0 Å². The Labute approximate surface area is 73.9 Å². The van der Waals surface area contributed by atoms with Gasteiger partial charge in [-0.1, -0.05) is 5.16 Å². The molecular weight excluding hydrogens is 174 g/mol. The van der Waals surface area contributed by atoms with E-state index in [1.165, 1.54) is 0 Å². The summed E-state index contributed by atoms with van der Waals surface area (Å²) >= 11 is 0. The highest BCUT2D eigenvalue weighted by atomic mass is 16.5. The minimum atomic E-state index is -0.953. The monoisotopic (exact) mass is 183 g/mol. The molecule has 6 heteroatoms. The molecule has 0 aromatic carbocycles. The van der Waals surface area contributed by atoms with Crippen LogP contribution in [0.15, 0.2) is 4.52 Å². The predicted octanol–water partition coefficient (Wildman–Crippen LogP) is 0.444. The number of aromatic nitrogens is 2. The Hall–Kier alpha value is -1.59. The van der Waals surface area contributed by atoms with Crippen molar-refractivity contribution < 1.29 is 14.4 Å². The lowest BCUT2D eigenvalue weighted by atomic mass is 10.4. The van der Waals surface area contributed by atoms with Gasteiger partial charge in [0.15, 0.2) is 5.82 Å². The number of hydrogen-bond acceptors (Lipinski definition) is 5. The minimum absolute atomic E-state index is 0.185. The van der Waals surface area contributed by atoms with E-state index in [1.807, 2.05) is 0 Å². The van der Waals surface area contributed by atoms with E-state index in [1.54, 1.807) is 0 Å². The van der Waals surface area contributed by atoms with Crippen molar-refractivity contribution in [1.82, 2.24) is 10.1 Å². The van der Waals surface area contributed by atoms with Crippen molar-refractivity contribution in [2.45, 2.75) is 18.8 Å². The third-order valence-corrected chi connectivity index (χ3v) is 1.78. The molecule has 0 saturated heterocycles. The second-order valence-electron chi connectivity index (χ2n) is 2.98. The quantitative estimate of drug-likeness (QED) is 0.704. The van der Waals surface area contributed by atoms with Gasteiger partial charge in [-0.25, -0.2) is 0 Å². The predicted molar refractivity (Wildman–Crippen MR) is 42.4 cm³/mol. The van der Waals surface area contributed by atoms with E-state index >= 15 is 0 Å².